The number of likely N-dealkylation sites (tertiary alicyclic amines) is 1. The number of nitrogens with one attached hydrogen (secondary N) is 1. The van der Waals surface area contributed by atoms with Gasteiger partial charge in [0.05, 0.1) is 17.7 Å². The van der Waals surface area contributed by atoms with Crippen LogP contribution in [0.15, 0.2) is 72.8 Å². The van der Waals surface area contributed by atoms with Crippen molar-refractivity contribution in [1.82, 2.24) is 10.2 Å². The van der Waals surface area contributed by atoms with Crippen LogP contribution >= 0.6 is 0 Å². The molecule has 1 amide bonds. The lowest BCUT2D eigenvalue weighted by Crippen LogP contribution is -2.48. The number of aliphatic hydroxyl groups excluding tert-OH is 1. The molecule has 0 saturated carbocycles. The summed E-state index contributed by atoms with van der Waals surface area (Å²) in [6.07, 6.45) is -4.29. The van der Waals surface area contributed by atoms with E-state index in [0.29, 0.717) is 54.2 Å². The quantitative estimate of drug-likeness (QED) is 0.520. The molecule has 3 aromatic carbocycles. The maximum atomic E-state index is 14.1. The number of ether oxygens (including phenoxy) is 1. The number of amides is 1. The highest BCUT2D eigenvalue weighted by atomic mass is 19.4. The predicted octanol–water partition coefficient (Wildman–Crippen LogP) is 5.04. The third-order valence-electron chi connectivity index (χ3n) is 7.16. The van der Waals surface area contributed by atoms with Crippen molar-refractivity contribution >= 4 is 5.91 Å². The summed E-state index contributed by atoms with van der Waals surface area (Å²) in [5.41, 5.74) is 0.162. The van der Waals surface area contributed by atoms with Crippen LogP contribution in [0.3, 0.4) is 0 Å². The van der Waals surface area contributed by atoms with Gasteiger partial charge in [-0.2, -0.15) is 13.2 Å². The molecule has 1 unspecified atom stereocenters. The Kier molecular flexibility index (Phi) is 6.26. The number of β-amino-alcohol motifs (C(OH)–C–C–N with tert-alkyl or cyclic N) is 1. The number of hydrogen-bond donors (Lipinski definition) is 2. The summed E-state index contributed by atoms with van der Waals surface area (Å²) < 4.78 is 45.5. The standard InChI is InChI=1S/C28H27F3N2O3/c1-27(21-6-2-4-8-24(21)36-25-9-5-3-7-22(25)27)26(35)32-23(17-33-15-14-20(34)16-33)18-10-12-19(13-11-18)28(29,30)31/h2-13,20,23,34H,14-17H2,1H3,(H,32,35)/t20?,23-/m1/s1. The molecule has 2 atom stereocenters. The second-order valence-corrected chi connectivity index (χ2v) is 9.57. The van der Waals surface area contributed by atoms with E-state index in [9.17, 15) is 23.1 Å². The van der Waals surface area contributed by atoms with Gasteiger partial charge in [-0.25, -0.2) is 0 Å². The molecule has 2 aliphatic rings. The van der Waals surface area contributed by atoms with Crippen molar-refractivity contribution in [3.63, 3.8) is 0 Å². The van der Waals surface area contributed by atoms with E-state index in [1.807, 2.05) is 60.4 Å². The van der Waals surface area contributed by atoms with Gasteiger partial charge in [-0.3, -0.25) is 9.69 Å². The van der Waals surface area contributed by atoms with E-state index in [4.69, 9.17) is 4.74 Å². The highest BCUT2D eigenvalue weighted by molar-refractivity contribution is 5.94. The van der Waals surface area contributed by atoms with E-state index < -0.39 is 29.3 Å². The first kappa shape index (κ1) is 24.3. The number of alkyl halides is 3. The SMILES string of the molecule is CC1(C(=O)N[C@H](CN2CCC(O)C2)c2ccc(C(F)(F)F)cc2)c2ccccc2Oc2ccccc21. The highest BCUT2D eigenvalue weighted by Crippen LogP contribution is 2.48. The van der Waals surface area contributed by atoms with Crippen LogP contribution in [0.2, 0.25) is 0 Å². The molecule has 0 spiro atoms. The van der Waals surface area contributed by atoms with Gasteiger partial charge in [0, 0.05) is 30.8 Å². The second-order valence-electron chi connectivity index (χ2n) is 9.57. The zero-order valence-electron chi connectivity index (χ0n) is 19.8. The van der Waals surface area contributed by atoms with Gasteiger partial charge >= 0.3 is 6.18 Å². The van der Waals surface area contributed by atoms with Gasteiger partial charge in [-0.15, -0.1) is 0 Å². The lowest BCUT2D eigenvalue weighted by Gasteiger charge is -2.37. The van der Waals surface area contributed by atoms with Crippen LogP contribution in [0.25, 0.3) is 0 Å². The highest BCUT2D eigenvalue weighted by Gasteiger charge is 2.45. The number of aliphatic hydroxyl groups is 1. The van der Waals surface area contributed by atoms with Crippen molar-refractivity contribution in [3.05, 3.63) is 95.1 Å². The van der Waals surface area contributed by atoms with Gasteiger partial charge in [0.25, 0.3) is 0 Å². The molecule has 2 heterocycles. The lowest BCUT2D eigenvalue weighted by atomic mass is 9.73. The third kappa shape index (κ3) is 4.47. The molecule has 5 nitrogen and oxygen atoms in total. The van der Waals surface area contributed by atoms with Gasteiger partial charge in [-0.1, -0.05) is 48.5 Å². The monoisotopic (exact) mass is 496 g/mol. The molecule has 0 aliphatic carbocycles. The summed E-state index contributed by atoms with van der Waals surface area (Å²) in [5, 5.41) is 13.1. The number of rotatable bonds is 5. The molecule has 2 aliphatic heterocycles. The molecular formula is C28H27F3N2O3. The molecule has 3 aromatic rings. The Hall–Kier alpha value is -3.36. The van der Waals surface area contributed by atoms with E-state index in [-0.39, 0.29) is 5.91 Å². The Morgan fingerprint density at radius 3 is 2.17 bits per heavy atom. The number of para-hydroxylation sites is 2. The first-order chi connectivity index (χ1) is 17.2. The summed E-state index contributed by atoms with van der Waals surface area (Å²) in [6, 6.07) is 19.0. The molecule has 1 saturated heterocycles. The van der Waals surface area contributed by atoms with Crippen LogP contribution in [0.1, 0.15) is 41.6 Å². The number of carbonyl (C=O) groups excluding carboxylic acids is 1. The summed E-state index contributed by atoms with van der Waals surface area (Å²) >= 11 is 0. The van der Waals surface area contributed by atoms with Crippen molar-refractivity contribution in [2.45, 2.75) is 37.1 Å². The van der Waals surface area contributed by atoms with Crippen LogP contribution in [-0.4, -0.2) is 41.7 Å². The molecule has 8 heteroatoms. The van der Waals surface area contributed by atoms with Gasteiger partial charge in [0.1, 0.15) is 16.9 Å². The average molecular weight is 497 g/mol. The zero-order chi connectivity index (χ0) is 25.5. The van der Waals surface area contributed by atoms with Crippen molar-refractivity contribution in [1.29, 1.82) is 0 Å². The topological polar surface area (TPSA) is 61.8 Å². The first-order valence-electron chi connectivity index (χ1n) is 11.9. The maximum absolute atomic E-state index is 14.1. The van der Waals surface area contributed by atoms with E-state index >= 15 is 0 Å². The van der Waals surface area contributed by atoms with Crippen molar-refractivity contribution in [2.24, 2.45) is 0 Å². The third-order valence-corrected chi connectivity index (χ3v) is 7.16. The number of hydrogen-bond acceptors (Lipinski definition) is 4. The number of nitrogens with zero attached hydrogens (tertiary/aromatic N) is 1. The fourth-order valence-corrected chi connectivity index (χ4v) is 5.12. The van der Waals surface area contributed by atoms with Crippen LogP contribution in [-0.2, 0) is 16.4 Å². The Morgan fingerprint density at radius 2 is 1.64 bits per heavy atom. The molecule has 0 bridgehead atoms. The minimum atomic E-state index is -4.45. The summed E-state index contributed by atoms with van der Waals surface area (Å²) in [5.74, 6) is 0.889. The fourth-order valence-electron chi connectivity index (χ4n) is 5.12. The van der Waals surface area contributed by atoms with E-state index in [1.54, 1.807) is 0 Å². The molecule has 36 heavy (non-hydrogen) atoms. The lowest BCUT2D eigenvalue weighted by molar-refractivity contribution is -0.137. The second kappa shape index (κ2) is 9.26. The summed E-state index contributed by atoms with van der Waals surface area (Å²) in [4.78, 5) is 16.1. The molecule has 5 rings (SSSR count). The van der Waals surface area contributed by atoms with Crippen molar-refractivity contribution in [3.8, 4) is 11.5 Å². The first-order valence-corrected chi connectivity index (χ1v) is 11.9. The van der Waals surface area contributed by atoms with Crippen LogP contribution < -0.4 is 10.1 Å². The normalized spacial score (nSPS) is 19.6. The Labute approximate surface area is 207 Å². The molecule has 0 radical (unpaired) electrons. The van der Waals surface area contributed by atoms with Crippen LogP contribution in [0.5, 0.6) is 11.5 Å². The number of fused-ring (bicyclic) bond motifs is 2. The number of carbonyl (C=O) groups is 1. The van der Waals surface area contributed by atoms with Crippen molar-refractivity contribution < 1.29 is 27.8 Å². The fraction of sp³-hybridized carbons (Fsp3) is 0.321. The van der Waals surface area contributed by atoms with E-state index in [2.05, 4.69) is 5.32 Å². The largest absolute Gasteiger partial charge is 0.457 e. The van der Waals surface area contributed by atoms with Crippen LogP contribution in [0.4, 0.5) is 13.2 Å². The Morgan fingerprint density at radius 1 is 1.06 bits per heavy atom. The van der Waals surface area contributed by atoms with Gasteiger partial charge < -0.3 is 15.2 Å². The summed E-state index contributed by atoms with van der Waals surface area (Å²) in [7, 11) is 0. The Bertz CT molecular complexity index is 1210. The summed E-state index contributed by atoms with van der Waals surface area (Å²) in [6.45, 7) is 3.30. The predicted molar refractivity (Wildman–Crippen MR) is 129 cm³/mol. The van der Waals surface area contributed by atoms with E-state index in [1.165, 1.54) is 12.1 Å². The number of benzene rings is 3. The van der Waals surface area contributed by atoms with Crippen molar-refractivity contribution in [2.75, 3.05) is 19.6 Å². The minimum absolute atomic E-state index is 0.282. The maximum Gasteiger partial charge on any atom is 0.416 e. The molecule has 0 aromatic heterocycles. The molecule has 1 fully saturated rings. The smallest absolute Gasteiger partial charge is 0.416 e. The van der Waals surface area contributed by atoms with E-state index in [0.717, 1.165) is 12.1 Å². The number of halogens is 3. The van der Waals surface area contributed by atoms with Gasteiger partial charge in [-0.05, 0) is 43.2 Å². The molecule has 2 N–H and O–H groups in total. The molecular weight excluding hydrogens is 469 g/mol. The zero-order valence-corrected chi connectivity index (χ0v) is 19.8. The van der Waals surface area contributed by atoms with Gasteiger partial charge in [0.2, 0.25) is 5.91 Å². The minimum Gasteiger partial charge on any atom is -0.457 e. The van der Waals surface area contributed by atoms with Gasteiger partial charge in [0.15, 0.2) is 0 Å². The van der Waals surface area contributed by atoms with Crippen LogP contribution in [0, 0.1) is 0 Å². The Balaban J connectivity index is 1.50. The average Bonchev–Trinajstić information content (AvgIpc) is 3.27. The molecule has 188 valence electrons.